The van der Waals surface area contributed by atoms with Crippen LogP contribution >= 0.6 is 15.9 Å². The Morgan fingerprint density at radius 1 is 0.786 bits per heavy atom. The first-order valence-corrected chi connectivity index (χ1v) is 9.83. The number of para-hydroxylation sites is 1. The van der Waals surface area contributed by atoms with Crippen molar-refractivity contribution in [2.45, 2.75) is 6.42 Å². The van der Waals surface area contributed by atoms with Crippen molar-refractivity contribution in [3.8, 4) is 11.5 Å². The standard InChI is InChI=1S/C23H21BrO4/c24-19-11-12-22(27-14-13-18-7-3-1-4-8-18)21(17-19)23(25)28-16-15-26-20-9-5-2-6-10-20/h1-12,17H,13-16H2. The van der Waals surface area contributed by atoms with Crippen LogP contribution in [0.1, 0.15) is 15.9 Å². The van der Waals surface area contributed by atoms with Gasteiger partial charge in [-0.05, 0) is 35.9 Å². The zero-order chi connectivity index (χ0) is 19.6. The Kier molecular flexibility index (Phi) is 7.50. The number of ether oxygens (including phenoxy) is 3. The van der Waals surface area contributed by atoms with Crippen molar-refractivity contribution >= 4 is 21.9 Å². The van der Waals surface area contributed by atoms with Gasteiger partial charge >= 0.3 is 5.97 Å². The van der Waals surface area contributed by atoms with Gasteiger partial charge in [0.15, 0.2) is 0 Å². The quantitative estimate of drug-likeness (QED) is 0.334. The Labute approximate surface area is 173 Å². The molecule has 0 bridgehead atoms. The highest BCUT2D eigenvalue weighted by molar-refractivity contribution is 9.10. The molecule has 0 heterocycles. The van der Waals surface area contributed by atoms with E-state index in [1.165, 1.54) is 5.56 Å². The van der Waals surface area contributed by atoms with Crippen molar-refractivity contribution in [1.82, 2.24) is 0 Å². The molecule has 0 aliphatic rings. The smallest absolute Gasteiger partial charge is 0.342 e. The minimum Gasteiger partial charge on any atom is -0.492 e. The first-order valence-electron chi connectivity index (χ1n) is 9.03. The fourth-order valence-corrected chi connectivity index (χ4v) is 2.96. The van der Waals surface area contributed by atoms with E-state index in [1.54, 1.807) is 12.1 Å². The number of esters is 1. The van der Waals surface area contributed by atoms with Gasteiger partial charge in [-0.1, -0.05) is 64.5 Å². The number of benzene rings is 3. The molecule has 5 heteroatoms. The normalized spacial score (nSPS) is 10.3. The predicted octanol–water partition coefficient (Wildman–Crippen LogP) is 5.31. The molecule has 0 N–H and O–H groups in total. The molecule has 0 aliphatic heterocycles. The average molecular weight is 441 g/mol. The van der Waals surface area contributed by atoms with E-state index >= 15 is 0 Å². The molecule has 0 aliphatic carbocycles. The first-order chi connectivity index (χ1) is 13.7. The summed E-state index contributed by atoms with van der Waals surface area (Å²) in [5, 5.41) is 0. The molecule has 0 unspecified atom stereocenters. The Hall–Kier alpha value is -2.79. The van der Waals surface area contributed by atoms with Gasteiger partial charge in [-0.15, -0.1) is 0 Å². The minimum atomic E-state index is -0.437. The number of hydrogen-bond acceptors (Lipinski definition) is 4. The van der Waals surface area contributed by atoms with Crippen LogP contribution in [0, 0.1) is 0 Å². The molecule has 0 radical (unpaired) electrons. The van der Waals surface area contributed by atoms with Crippen molar-refractivity contribution in [3.05, 3.63) is 94.5 Å². The SMILES string of the molecule is O=C(OCCOc1ccccc1)c1cc(Br)ccc1OCCc1ccccc1. The van der Waals surface area contributed by atoms with Gasteiger partial charge in [-0.2, -0.15) is 0 Å². The first kappa shape index (κ1) is 20.0. The van der Waals surface area contributed by atoms with Crippen molar-refractivity contribution in [3.63, 3.8) is 0 Å². The monoisotopic (exact) mass is 440 g/mol. The van der Waals surface area contributed by atoms with E-state index in [0.29, 0.717) is 17.9 Å². The van der Waals surface area contributed by atoms with E-state index in [0.717, 1.165) is 16.6 Å². The van der Waals surface area contributed by atoms with Crippen molar-refractivity contribution in [1.29, 1.82) is 0 Å². The molecule has 0 spiro atoms. The maximum Gasteiger partial charge on any atom is 0.342 e. The molecule has 0 saturated carbocycles. The molecule has 144 valence electrons. The van der Waals surface area contributed by atoms with Gasteiger partial charge in [-0.25, -0.2) is 4.79 Å². The van der Waals surface area contributed by atoms with Gasteiger partial charge in [0.1, 0.15) is 30.3 Å². The van der Waals surface area contributed by atoms with Crippen molar-refractivity contribution < 1.29 is 19.0 Å². The predicted molar refractivity (Wildman–Crippen MR) is 112 cm³/mol. The number of carbonyl (C=O) groups excluding carboxylic acids is 1. The van der Waals surface area contributed by atoms with Crippen LogP contribution in [0.3, 0.4) is 0 Å². The maximum absolute atomic E-state index is 12.5. The summed E-state index contributed by atoms with van der Waals surface area (Å²) in [7, 11) is 0. The summed E-state index contributed by atoms with van der Waals surface area (Å²) >= 11 is 3.39. The topological polar surface area (TPSA) is 44.8 Å². The average Bonchev–Trinajstić information content (AvgIpc) is 2.73. The van der Waals surface area contributed by atoms with Gasteiger partial charge < -0.3 is 14.2 Å². The summed E-state index contributed by atoms with van der Waals surface area (Å²) in [6.45, 7) is 0.917. The molecule has 0 amide bonds. The highest BCUT2D eigenvalue weighted by Crippen LogP contribution is 2.24. The lowest BCUT2D eigenvalue weighted by atomic mass is 10.1. The Morgan fingerprint density at radius 3 is 2.25 bits per heavy atom. The second-order valence-corrected chi connectivity index (χ2v) is 6.94. The second kappa shape index (κ2) is 10.5. The summed E-state index contributed by atoms with van der Waals surface area (Å²) in [6, 6.07) is 24.8. The van der Waals surface area contributed by atoms with Crippen LogP contribution in [-0.4, -0.2) is 25.8 Å². The minimum absolute atomic E-state index is 0.156. The summed E-state index contributed by atoms with van der Waals surface area (Å²) in [6.07, 6.45) is 0.760. The summed E-state index contributed by atoms with van der Waals surface area (Å²) in [4.78, 5) is 12.5. The van der Waals surface area contributed by atoms with Crippen LogP contribution in [0.4, 0.5) is 0 Å². The molecular weight excluding hydrogens is 420 g/mol. The zero-order valence-electron chi connectivity index (χ0n) is 15.3. The number of hydrogen-bond donors (Lipinski definition) is 0. The molecule has 0 saturated heterocycles. The van der Waals surface area contributed by atoms with E-state index in [4.69, 9.17) is 14.2 Å². The van der Waals surface area contributed by atoms with E-state index in [1.807, 2.05) is 66.7 Å². The van der Waals surface area contributed by atoms with Crippen LogP contribution < -0.4 is 9.47 Å². The van der Waals surface area contributed by atoms with E-state index < -0.39 is 5.97 Å². The van der Waals surface area contributed by atoms with Gasteiger partial charge in [0.2, 0.25) is 0 Å². The number of halogens is 1. The molecule has 3 aromatic carbocycles. The summed E-state index contributed by atoms with van der Waals surface area (Å²) < 4.78 is 17.5. The summed E-state index contributed by atoms with van der Waals surface area (Å²) in [5.41, 5.74) is 1.57. The van der Waals surface area contributed by atoms with Crippen LogP contribution in [0.2, 0.25) is 0 Å². The fraction of sp³-hybridized carbons (Fsp3) is 0.174. The van der Waals surface area contributed by atoms with Gasteiger partial charge in [0.05, 0.1) is 6.61 Å². The number of carbonyl (C=O) groups is 1. The van der Waals surface area contributed by atoms with Crippen LogP contribution in [-0.2, 0) is 11.2 Å². The maximum atomic E-state index is 12.5. The van der Waals surface area contributed by atoms with Crippen molar-refractivity contribution in [2.24, 2.45) is 0 Å². The zero-order valence-corrected chi connectivity index (χ0v) is 16.9. The molecule has 0 aromatic heterocycles. The lowest BCUT2D eigenvalue weighted by Gasteiger charge is -2.12. The lowest BCUT2D eigenvalue weighted by molar-refractivity contribution is 0.0446. The van der Waals surface area contributed by atoms with E-state index in [-0.39, 0.29) is 13.2 Å². The summed E-state index contributed by atoms with van der Waals surface area (Å²) in [5.74, 6) is 0.812. The van der Waals surface area contributed by atoms with Gasteiger partial charge in [-0.3, -0.25) is 0 Å². The highest BCUT2D eigenvalue weighted by atomic mass is 79.9. The Bertz CT molecular complexity index is 882. The van der Waals surface area contributed by atoms with E-state index in [2.05, 4.69) is 15.9 Å². The third kappa shape index (κ3) is 6.13. The molecule has 0 atom stereocenters. The Morgan fingerprint density at radius 2 is 1.50 bits per heavy atom. The molecule has 4 nitrogen and oxygen atoms in total. The van der Waals surface area contributed by atoms with Gasteiger partial charge in [0.25, 0.3) is 0 Å². The Balaban J connectivity index is 1.52. The largest absolute Gasteiger partial charge is 0.492 e. The van der Waals surface area contributed by atoms with Crippen LogP contribution in [0.5, 0.6) is 11.5 Å². The van der Waals surface area contributed by atoms with Crippen LogP contribution in [0.25, 0.3) is 0 Å². The third-order valence-corrected chi connectivity index (χ3v) is 4.47. The number of rotatable bonds is 9. The molecule has 3 rings (SSSR count). The second-order valence-electron chi connectivity index (χ2n) is 6.02. The third-order valence-electron chi connectivity index (χ3n) is 3.98. The highest BCUT2D eigenvalue weighted by Gasteiger charge is 2.15. The van der Waals surface area contributed by atoms with E-state index in [9.17, 15) is 4.79 Å². The molecule has 0 fully saturated rings. The van der Waals surface area contributed by atoms with Crippen LogP contribution in [0.15, 0.2) is 83.3 Å². The molecule has 28 heavy (non-hydrogen) atoms. The fourth-order valence-electron chi connectivity index (χ4n) is 2.60. The molecule has 3 aromatic rings. The molecular formula is C23H21BrO4. The van der Waals surface area contributed by atoms with Gasteiger partial charge in [0, 0.05) is 10.9 Å². The van der Waals surface area contributed by atoms with Crippen molar-refractivity contribution in [2.75, 3.05) is 19.8 Å². The lowest BCUT2D eigenvalue weighted by Crippen LogP contribution is -2.14.